The smallest absolute Gasteiger partial charge is 0.338 e. The van der Waals surface area contributed by atoms with Crippen molar-refractivity contribution in [2.24, 2.45) is 0 Å². The maximum Gasteiger partial charge on any atom is 0.338 e. The van der Waals surface area contributed by atoms with Crippen molar-refractivity contribution in [2.45, 2.75) is 24.5 Å². The van der Waals surface area contributed by atoms with Crippen molar-refractivity contribution in [3.63, 3.8) is 0 Å². The number of ether oxygens (including phenoxy) is 4. The summed E-state index contributed by atoms with van der Waals surface area (Å²) in [4.78, 5) is 48.1. The van der Waals surface area contributed by atoms with Gasteiger partial charge in [0.15, 0.2) is 18.4 Å². The van der Waals surface area contributed by atoms with Gasteiger partial charge in [0.25, 0.3) is 0 Å². The molecule has 4 atom stereocenters. The lowest BCUT2D eigenvalue weighted by Crippen LogP contribution is -2.41. The lowest BCUT2D eigenvalue weighted by molar-refractivity contribution is -0.0612. The van der Waals surface area contributed by atoms with Crippen LogP contribution in [0.25, 0.3) is 11.0 Å². The summed E-state index contributed by atoms with van der Waals surface area (Å²) in [6, 6.07) is 26.9. The molecule has 3 heterocycles. The van der Waals surface area contributed by atoms with E-state index in [9.17, 15) is 19.6 Å². The van der Waals surface area contributed by atoms with Gasteiger partial charge in [0.1, 0.15) is 41.2 Å². The highest BCUT2D eigenvalue weighted by molar-refractivity contribution is 9.10. The molecule has 1 aliphatic rings. The molecule has 5 aromatic rings. The second kappa shape index (κ2) is 13.2. The van der Waals surface area contributed by atoms with Crippen molar-refractivity contribution in [3.8, 4) is 6.07 Å². The van der Waals surface area contributed by atoms with Crippen molar-refractivity contribution in [1.82, 2.24) is 14.5 Å². The van der Waals surface area contributed by atoms with Gasteiger partial charge in [-0.05, 0) is 52.3 Å². The SMILES string of the molecule is N#Cc1c(Br)n([C@H]2O[C@@H](COC(=O)c3ccccc3)[C@@H](OC(=O)c3ccccc3)[C@@H]2OC(=O)c2ccccc2)c2ncnc(N)c12. The Morgan fingerprint density at radius 3 is 1.89 bits per heavy atom. The number of fused-ring (bicyclic) bond motifs is 1. The third-order valence-corrected chi connectivity index (χ3v) is 8.08. The van der Waals surface area contributed by atoms with Gasteiger partial charge in [-0.3, -0.25) is 4.57 Å². The monoisotopic (exact) mass is 681 g/mol. The summed E-state index contributed by atoms with van der Waals surface area (Å²) >= 11 is 3.46. The molecule has 3 aromatic carbocycles. The molecule has 1 saturated heterocycles. The molecule has 0 bridgehead atoms. The first-order valence-electron chi connectivity index (χ1n) is 14.0. The van der Waals surface area contributed by atoms with E-state index in [1.54, 1.807) is 91.0 Å². The molecular weight excluding hydrogens is 658 g/mol. The van der Waals surface area contributed by atoms with Crippen LogP contribution in [-0.2, 0) is 18.9 Å². The van der Waals surface area contributed by atoms with Gasteiger partial charge in [0.2, 0.25) is 0 Å². The van der Waals surface area contributed by atoms with E-state index < -0.39 is 42.4 Å². The molecule has 2 aromatic heterocycles. The van der Waals surface area contributed by atoms with Crippen molar-refractivity contribution in [3.05, 3.63) is 124 Å². The second-order valence-electron chi connectivity index (χ2n) is 10.1. The molecule has 1 aliphatic heterocycles. The van der Waals surface area contributed by atoms with Crippen LogP contribution in [0.1, 0.15) is 42.9 Å². The average molecular weight is 682 g/mol. The Kier molecular flexibility index (Phi) is 8.73. The number of hydrogen-bond donors (Lipinski definition) is 1. The van der Waals surface area contributed by atoms with E-state index >= 15 is 0 Å². The molecule has 0 spiro atoms. The van der Waals surface area contributed by atoms with Crippen LogP contribution < -0.4 is 5.73 Å². The van der Waals surface area contributed by atoms with Crippen LogP contribution >= 0.6 is 15.9 Å². The lowest BCUT2D eigenvalue weighted by Gasteiger charge is -2.25. The van der Waals surface area contributed by atoms with Gasteiger partial charge < -0.3 is 24.7 Å². The van der Waals surface area contributed by atoms with E-state index in [2.05, 4.69) is 32.0 Å². The molecule has 12 nitrogen and oxygen atoms in total. The van der Waals surface area contributed by atoms with Gasteiger partial charge in [0, 0.05) is 0 Å². The number of carbonyl (C=O) groups excluding carboxylic acids is 3. The van der Waals surface area contributed by atoms with Gasteiger partial charge in [-0.1, -0.05) is 54.6 Å². The fraction of sp³-hybridized carbons (Fsp3) is 0.152. The number of benzene rings is 3. The number of hydrogen-bond acceptors (Lipinski definition) is 11. The van der Waals surface area contributed by atoms with E-state index in [1.165, 1.54) is 10.9 Å². The Morgan fingerprint density at radius 1 is 0.826 bits per heavy atom. The summed E-state index contributed by atoms with van der Waals surface area (Å²) in [5.41, 5.74) is 7.20. The minimum Gasteiger partial charge on any atom is -0.459 e. The number of halogens is 1. The minimum atomic E-state index is -1.32. The first kappa shape index (κ1) is 30.4. The van der Waals surface area contributed by atoms with Crippen molar-refractivity contribution in [2.75, 3.05) is 12.3 Å². The summed E-state index contributed by atoms with van der Waals surface area (Å²) in [7, 11) is 0. The minimum absolute atomic E-state index is 0.0391. The second-order valence-corrected chi connectivity index (χ2v) is 10.9. The number of nitrogen functional groups attached to an aromatic ring is 1. The van der Waals surface area contributed by atoms with Gasteiger partial charge in [-0.15, -0.1) is 0 Å². The summed E-state index contributed by atoms with van der Waals surface area (Å²) < 4.78 is 25.7. The number of nitrogens with two attached hydrogens (primary N) is 1. The fourth-order valence-electron chi connectivity index (χ4n) is 5.13. The highest BCUT2D eigenvalue weighted by Crippen LogP contribution is 2.42. The third-order valence-electron chi connectivity index (χ3n) is 7.30. The average Bonchev–Trinajstić information content (AvgIpc) is 3.57. The zero-order chi connectivity index (χ0) is 32.2. The van der Waals surface area contributed by atoms with E-state index in [4.69, 9.17) is 24.7 Å². The van der Waals surface area contributed by atoms with E-state index in [1.807, 2.05) is 0 Å². The zero-order valence-electron chi connectivity index (χ0n) is 23.9. The maximum atomic E-state index is 13.5. The molecule has 0 amide bonds. The number of nitriles is 1. The van der Waals surface area contributed by atoms with Crippen LogP contribution in [0.2, 0.25) is 0 Å². The van der Waals surface area contributed by atoms with Crippen molar-refractivity contribution in [1.29, 1.82) is 5.26 Å². The van der Waals surface area contributed by atoms with Gasteiger partial charge in [-0.2, -0.15) is 5.26 Å². The van der Waals surface area contributed by atoms with Gasteiger partial charge in [-0.25, -0.2) is 24.4 Å². The Labute approximate surface area is 270 Å². The summed E-state index contributed by atoms with van der Waals surface area (Å²) in [6.45, 7) is -0.380. The predicted molar refractivity (Wildman–Crippen MR) is 166 cm³/mol. The first-order valence-corrected chi connectivity index (χ1v) is 14.8. The lowest BCUT2D eigenvalue weighted by atomic mass is 10.1. The topological polar surface area (TPSA) is 169 Å². The number of rotatable bonds is 8. The Balaban J connectivity index is 1.44. The Bertz CT molecular complexity index is 1950. The first-order chi connectivity index (χ1) is 22.4. The van der Waals surface area contributed by atoms with Gasteiger partial charge >= 0.3 is 17.9 Å². The van der Waals surface area contributed by atoms with E-state index in [0.29, 0.717) is 5.56 Å². The normalized spacial score (nSPS) is 18.9. The number of anilines is 1. The molecule has 13 heteroatoms. The summed E-state index contributed by atoms with van der Waals surface area (Å²) in [5, 5.41) is 10.2. The van der Waals surface area contributed by atoms with Crippen molar-refractivity contribution >= 4 is 50.7 Å². The van der Waals surface area contributed by atoms with E-state index in [0.717, 1.165) is 0 Å². The third kappa shape index (κ3) is 5.91. The maximum absolute atomic E-state index is 13.5. The van der Waals surface area contributed by atoms with Crippen LogP contribution in [-0.4, -0.2) is 57.4 Å². The van der Waals surface area contributed by atoms with Crippen LogP contribution in [0.3, 0.4) is 0 Å². The molecule has 2 N–H and O–H groups in total. The predicted octanol–water partition coefficient (Wildman–Crippen LogP) is 4.85. The molecule has 0 saturated carbocycles. The number of nitrogens with zero attached hydrogens (tertiary/aromatic N) is 4. The molecular formula is C33H24BrN5O7. The van der Waals surface area contributed by atoms with Crippen LogP contribution in [0.4, 0.5) is 5.82 Å². The Morgan fingerprint density at radius 2 is 1.35 bits per heavy atom. The molecule has 0 unspecified atom stereocenters. The van der Waals surface area contributed by atoms with Crippen LogP contribution in [0, 0.1) is 11.3 Å². The molecule has 6 rings (SSSR count). The summed E-state index contributed by atoms with van der Waals surface area (Å²) in [6.07, 6.45) is -3.77. The number of carbonyl (C=O) groups is 3. The highest BCUT2D eigenvalue weighted by Gasteiger charge is 2.52. The highest BCUT2D eigenvalue weighted by atomic mass is 79.9. The zero-order valence-corrected chi connectivity index (χ0v) is 25.4. The van der Waals surface area contributed by atoms with E-state index in [-0.39, 0.29) is 44.8 Å². The molecule has 1 fully saturated rings. The Hall–Kier alpha value is -5.58. The number of aromatic nitrogens is 3. The molecule has 46 heavy (non-hydrogen) atoms. The molecule has 230 valence electrons. The quantitative estimate of drug-likeness (QED) is 0.175. The molecule has 0 aliphatic carbocycles. The van der Waals surface area contributed by atoms with Crippen molar-refractivity contribution < 1.29 is 33.3 Å². The number of esters is 3. The standard InChI is InChI=1S/C33H24BrN5O7/c34-27-22(16-35)24-28(36)37-18-38-29(24)39(27)30-26(46-33(42)21-14-8-3-9-15-21)25(45-32(41)20-12-6-2-7-13-20)23(44-30)17-43-31(40)19-10-4-1-5-11-19/h1-15,18,23,25-26,30H,17H2,(H2,36,37,38)/t23-,25+,26-,30-/m0/s1. The molecule has 0 radical (unpaired) electrons. The van der Waals surface area contributed by atoms with Crippen LogP contribution in [0.5, 0.6) is 0 Å². The largest absolute Gasteiger partial charge is 0.459 e. The summed E-state index contributed by atoms with van der Waals surface area (Å²) in [5.74, 6) is -2.06. The van der Waals surface area contributed by atoms with Gasteiger partial charge in [0.05, 0.1) is 27.6 Å². The fourth-order valence-corrected chi connectivity index (χ4v) is 5.78. The van der Waals surface area contributed by atoms with Crippen LogP contribution in [0.15, 0.2) is 102 Å².